The van der Waals surface area contributed by atoms with Gasteiger partial charge in [0.1, 0.15) is 17.3 Å². The maximum absolute atomic E-state index is 6.28. The zero-order valence-electron chi connectivity index (χ0n) is 18.7. The van der Waals surface area contributed by atoms with Crippen molar-refractivity contribution in [3.05, 3.63) is 52.5 Å². The van der Waals surface area contributed by atoms with Crippen LogP contribution >= 0.6 is 23.2 Å². The molecule has 1 aliphatic heterocycles. The molecule has 0 aliphatic carbocycles. The zero-order chi connectivity index (χ0) is 23.5. The Bertz CT molecular complexity index is 1250. The number of ether oxygens (including phenoxy) is 2. The van der Waals surface area contributed by atoms with Gasteiger partial charge in [0, 0.05) is 62.0 Å². The van der Waals surface area contributed by atoms with Crippen molar-refractivity contribution in [2.45, 2.75) is 26.0 Å². The quantitative estimate of drug-likeness (QED) is 0.382. The molecule has 4 aromatic heterocycles. The molecule has 178 valence electrons. The number of aromatic amines is 1. The van der Waals surface area contributed by atoms with E-state index in [9.17, 15) is 0 Å². The molecule has 4 aromatic rings. The Balaban J connectivity index is 1.29. The molecule has 1 aliphatic rings. The Morgan fingerprint density at radius 1 is 1.12 bits per heavy atom. The highest BCUT2D eigenvalue weighted by atomic mass is 35.5. The van der Waals surface area contributed by atoms with Gasteiger partial charge in [-0.3, -0.25) is 19.7 Å². The number of nitrogens with zero attached hydrogens (tertiary/aromatic N) is 6. The number of hydrogen-bond donors (Lipinski definition) is 1. The zero-order valence-corrected chi connectivity index (χ0v) is 20.3. The number of halogens is 2. The van der Waals surface area contributed by atoms with Crippen molar-refractivity contribution in [2.24, 2.45) is 0 Å². The number of morpholine rings is 1. The van der Waals surface area contributed by atoms with E-state index < -0.39 is 6.10 Å². The van der Waals surface area contributed by atoms with Gasteiger partial charge in [-0.05, 0) is 19.4 Å². The van der Waals surface area contributed by atoms with Gasteiger partial charge in [0.15, 0.2) is 0 Å². The topological polar surface area (TPSA) is 94.0 Å². The fourth-order valence-electron chi connectivity index (χ4n) is 4.09. The van der Waals surface area contributed by atoms with Crippen molar-refractivity contribution in [1.29, 1.82) is 0 Å². The van der Waals surface area contributed by atoms with Gasteiger partial charge in [0.05, 0.1) is 35.0 Å². The molecule has 9 nitrogen and oxygen atoms in total. The molecule has 11 heteroatoms. The lowest BCUT2D eigenvalue weighted by Gasteiger charge is -2.26. The van der Waals surface area contributed by atoms with Gasteiger partial charge < -0.3 is 9.47 Å². The average molecular weight is 502 g/mol. The minimum Gasteiger partial charge on any atom is -0.470 e. The monoisotopic (exact) mass is 501 g/mol. The largest absolute Gasteiger partial charge is 0.470 e. The van der Waals surface area contributed by atoms with Gasteiger partial charge in [-0.2, -0.15) is 10.2 Å². The molecule has 0 aromatic carbocycles. The van der Waals surface area contributed by atoms with Crippen LogP contribution in [0.2, 0.25) is 10.0 Å². The molecule has 0 bridgehead atoms. The van der Waals surface area contributed by atoms with Crippen LogP contribution in [0, 0.1) is 0 Å². The predicted octanol–water partition coefficient (Wildman–Crippen LogP) is 4.39. The Hall–Kier alpha value is -2.72. The van der Waals surface area contributed by atoms with E-state index in [2.05, 4.69) is 25.2 Å². The minimum absolute atomic E-state index is 0.405. The summed E-state index contributed by atoms with van der Waals surface area (Å²) in [6.07, 6.45) is 7.54. The second-order valence-electron chi connectivity index (χ2n) is 8.19. The summed E-state index contributed by atoms with van der Waals surface area (Å²) in [6.45, 7) is 7.38. The maximum Gasteiger partial charge on any atom is 0.214 e. The van der Waals surface area contributed by atoms with Gasteiger partial charge >= 0.3 is 0 Å². The van der Waals surface area contributed by atoms with Gasteiger partial charge in [-0.1, -0.05) is 23.2 Å². The summed E-state index contributed by atoms with van der Waals surface area (Å²) in [5.74, 6) is 0.449. The van der Waals surface area contributed by atoms with Crippen molar-refractivity contribution in [3.8, 4) is 17.1 Å². The lowest BCUT2D eigenvalue weighted by Crippen LogP contribution is -2.37. The van der Waals surface area contributed by atoms with Gasteiger partial charge in [-0.25, -0.2) is 4.98 Å². The van der Waals surface area contributed by atoms with Crippen LogP contribution in [0.1, 0.15) is 25.0 Å². The van der Waals surface area contributed by atoms with Crippen molar-refractivity contribution in [3.63, 3.8) is 0 Å². The molecule has 0 radical (unpaired) electrons. The molecule has 1 atom stereocenters. The number of hydrogen-bond acceptors (Lipinski definition) is 7. The molecular formula is C23H25Cl2N7O2. The molecule has 5 heterocycles. The minimum atomic E-state index is -0.405. The van der Waals surface area contributed by atoms with Gasteiger partial charge in [-0.15, -0.1) is 0 Å². The van der Waals surface area contributed by atoms with Crippen molar-refractivity contribution < 1.29 is 9.47 Å². The van der Waals surface area contributed by atoms with Crippen molar-refractivity contribution in [1.82, 2.24) is 34.8 Å². The van der Waals surface area contributed by atoms with Crippen LogP contribution < -0.4 is 4.74 Å². The van der Waals surface area contributed by atoms with Crippen LogP contribution in [0.3, 0.4) is 0 Å². The van der Waals surface area contributed by atoms with Crippen LogP contribution in [0.15, 0.2) is 36.9 Å². The predicted molar refractivity (Wildman–Crippen MR) is 130 cm³/mol. The first-order valence-electron chi connectivity index (χ1n) is 11.2. The highest BCUT2D eigenvalue weighted by Crippen LogP contribution is 2.33. The van der Waals surface area contributed by atoms with E-state index in [0.29, 0.717) is 27.0 Å². The second-order valence-corrected chi connectivity index (χ2v) is 9.01. The number of rotatable bonds is 8. The molecule has 1 N–H and O–H groups in total. The Morgan fingerprint density at radius 2 is 1.91 bits per heavy atom. The van der Waals surface area contributed by atoms with Crippen LogP contribution in [0.4, 0.5) is 0 Å². The Morgan fingerprint density at radius 3 is 2.71 bits per heavy atom. The first kappa shape index (κ1) is 23.0. The number of fused-ring (bicyclic) bond motifs is 1. The van der Waals surface area contributed by atoms with E-state index in [1.165, 1.54) is 0 Å². The summed E-state index contributed by atoms with van der Waals surface area (Å²) < 4.78 is 13.4. The summed E-state index contributed by atoms with van der Waals surface area (Å²) in [5, 5.41) is 12.9. The van der Waals surface area contributed by atoms with E-state index in [-0.39, 0.29) is 0 Å². The molecular weight excluding hydrogens is 477 g/mol. The lowest BCUT2D eigenvalue weighted by atomic mass is 10.2. The van der Waals surface area contributed by atoms with E-state index >= 15 is 0 Å². The summed E-state index contributed by atoms with van der Waals surface area (Å²) in [4.78, 5) is 11.1. The van der Waals surface area contributed by atoms with Crippen LogP contribution in [0.5, 0.6) is 5.88 Å². The van der Waals surface area contributed by atoms with Crippen molar-refractivity contribution in [2.75, 3.05) is 32.8 Å². The molecule has 34 heavy (non-hydrogen) atoms. The summed E-state index contributed by atoms with van der Waals surface area (Å²) in [7, 11) is 0. The van der Waals surface area contributed by atoms with Gasteiger partial charge in [0.2, 0.25) is 5.88 Å². The van der Waals surface area contributed by atoms with E-state index in [4.69, 9.17) is 37.7 Å². The third-order valence-corrected chi connectivity index (χ3v) is 6.45. The van der Waals surface area contributed by atoms with E-state index in [1.807, 2.05) is 30.1 Å². The molecule has 1 saturated heterocycles. The number of H-pyrrole nitrogens is 1. The third kappa shape index (κ3) is 5.02. The van der Waals surface area contributed by atoms with Crippen LogP contribution in [-0.4, -0.2) is 67.7 Å². The highest BCUT2D eigenvalue weighted by Gasteiger charge is 2.18. The van der Waals surface area contributed by atoms with Crippen LogP contribution in [0.25, 0.3) is 22.3 Å². The highest BCUT2D eigenvalue weighted by molar-refractivity contribution is 6.35. The van der Waals surface area contributed by atoms with Gasteiger partial charge in [0.25, 0.3) is 0 Å². The molecule has 0 unspecified atom stereocenters. The van der Waals surface area contributed by atoms with Crippen LogP contribution in [-0.2, 0) is 11.3 Å². The fourth-order valence-corrected chi connectivity index (χ4v) is 4.76. The van der Waals surface area contributed by atoms with E-state index in [0.717, 1.165) is 62.6 Å². The van der Waals surface area contributed by atoms with Crippen molar-refractivity contribution >= 4 is 34.2 Å². The molecule has 0 saturated carbocycles. The lowest BCUT2D eigenvalue weighted by molar-refractivity contribution is 0.0368. The molecule has 0 amide bonds. The fraction of sp³-hybridized carbons (Fsp3) is 0.391. The normalized spacial score (nSPS) is 15.6. The number of aryl methyl sites for hydroxylation is 1. The number of nitrogens with one attached hydrogen (secondary N) is 1. The first-order valence-corrected chi connectivity index (χ1v) is 12.0. The third-order valence-electron chi connectivity index (χ3n) is 5.85. The van der Waals surface area contributed by atoms with E-state index in [1.54, 1.807) is 18.5 Å². The Labute approximate surface area is 207 Å². The summed E-state index contributed by atoms with van der Waals surface area (Å²) in [6, 6.07) is 3.68. The molecule has 5 rings (SSSR count). The average Bonchev–Trinajstić information content (AvgIpc) is 3.46. The summed E-state index contributed by atoms with van der Waals surface area (Å²) >= 11 is 12.6. The smallest absolute Gasteiger partial charge is 0.214 e. The second kappa shape index (κ2) is 10.3. The first-order chi connectivity index (χ1) is 16.6. The molecule has 0 spiro atoms. The summed E-state index contributed by atoms with van der Waals surface area (Å²) in [5.41, 5.74) is 3.83. The number of pyridine rings is 2. The standard InChI is InChI=1S/C23H25Cl2N7O2/c1-15(21-17(24)12-26-13-18(21)25)34-20-4-3-19-23(28-20)22(30-29-19)16-11-27-32(14-16)6-2-5-31-7-9-33-10-8-31/h3-4,11-15H,2,5-10H2,1H3,(H,29,30)/t15-/m1/s1. The Kier molecular flexibility index (Phi) is 6.96. The molecule has 1 fully saturated rings. The maximum atomic E-state index is 6.28. The number of aromatic nitrogens is 6. The SMILES string of the molecule is C[C@@H](Oc1ccc2[nH]nc(-c3cnn(CCCN4CCOCC4)c3)c2n1)c1c(Cl)cncc1Cl.